The summed E-state index contributed by atoms with van der Waals surface area (Å²) in [5, 5.41) is 4.85. The first-order valence-electron chi connectivity index (χ1n) is 18.8. The number of fused-ring (bicyclic) bond motifs is 6. The summed E-state index contributed by atoms with van der Waals surface area (Å²) in [6.45, 7) is 0. The molecule has 0 N–H and O–H groups in total. The number of benzene rings is 8. The molecule has 0 radical (unpaired) electrons. The van der Waals surface area contributed by atoms with Crippen LogP contribution in [0.5, 0.6) is 0 Å². The van der Waals surface area contributed by atoms with Crippen molar-refractivity contribution in [1.82, 2.24) is 9.97 Å². The number of thiophene rings is 1. The fourth-order valence-electron chi connectivity index (χ4n) is 8.03. The number of nitrogens with zero attached hydrogens (tertiary/aromatic N) is 2. The molecule has 0 aliphatic heterocycles. The Balaban J connectivity index is 1.03. The molecular weight excluding hydrogens is 701 g/mol. The maximum absolute atomic E-state index is 6.71. The first kappa shape index (κ1) is 32.3. The lowest BCUT2D eigenvalue weighted by Crippen LogP contribution is -1.97. The van der Waals surface area contributed by atoms with Gasteiger partial charge < -0.3 is 4.42 Å². The molecule has 56 heavy (non-hydrogen) atoms. The average Bonchev–Trinajstić information content (AvgIpc) is 3.85. The van der Waals surface area contributed by atoms with Crippen LogP contribution in [-0.4, -0.2) is 9.97 Å². The fraction of sp³-hybridized carbons (Fsp3) is 0. The van der Waals surface area contributed by atoms with E-state index in [-0.39, 0.29) is 0 Å². The summed E-state index contributed by atoms with van der Waals surface area (Å²) in [6, 6.07) is 68.3. The minimum absolute atomic E-state index is 0.693. The van der Waals surface area contributed by atoms with Gasteiger partial charge in [0.15, 0.2) is 5.82 Å². The van der Waals surface area contributed by atoms with Crippen molar-refractivity contribution in [2.45, 2.75) is 0 Å². The molecule has 11 aromatic rings. The van der Waals surface area contributed by atoms with Gasteiger partial charge in [0, 0.05) is 53.2 Å². The van der Waals surface area contributed by atoms with Gasteiger partial charge >= 0.3 is 0 Å². The van der Waals surface area contributed by atoms with E-state index in [9.17, 15) is 0 Å². The van der Waals surface area contributed by atoms with Crippen molar-refractivity contribution in [2.75, 3.05) is 0 Å². The van der Waals surface area contributed by atoms with Gasteiger partial charge in [-0.1, -0.05) is 164 Å². The van der Waals surface area contributed by atoms with Crippen LogP contribution >= 0.6 is 11.3 Å². The molecule has 0 unspecified atom stereocenters. The molecule has 262 valence electrons. The third-order valence-corrected chi connectivity index (χ3v) is 11.9. The number of furan rings is 1. The second-order valence-corrected chi connectivity index (χ2v) is 15.2. The van der Waals surface area contributed by atoms with E-state index in [4.69, 9.17) is 14.4 Å². The summed E-state index contributed by atoms with van der Waals surface area (Å²) >= 11 is 1.85. The third kappa shape index (κ3) is 5.50. The minimum atomic E-state index is 0.693. The molecule has 0 aliphatic rings. The summed E-state index contributed by atoms with van der Waals surface area (Å²) in [6.07, 6.45) is 0. The Morgan fingerprint density at radius 3 is 1.70 bits per heavy atom. The van der Waals surface area contributed by atoms with E-state index in [1.54, 1.807) is 0 Å². The maximum Gasteiger partial charge on any atom is 0.161 e. The van der Waals surface area contributed by atoms with Gasteiger partial charge in [0.05, 0.1) is 11.4 Å². The number of hydrogen-bond acceptors (Lipinski definition) is 4. The van der Waals surface area contributed by atoms with Crippen LogP contribution in [-0.2, 0) is 0 Å². The van der Waals surface area contributed by atoms with Crippen LogP contribution in [0.15, 0.2) is 199 Å². The van der Waals surface area contributed by atoms with Gasteiger partial charge in [-0.25, -0.2) is 9.97 Å². The topological polar surface area (TPSA) is 38.9 Å². The summed E-state index contributed by atoms with van der Waals surface area (Å²) in [4.78, 5) is 10.4. The summed E-state index contributed by atoms with van der Waals surface area (Å²) in [5.74, 6) is 0.693. The second-order valence-electron chi connectivity index (χ2n) is 14.1. The van der Waals surface area contributed by atoms with Gasteiger partial charge in [-0.3, -0.25) is 0 Å². The highest BCUT2D eigenvalue weighted by Crippen LogP contribution is 2.44. The first-order chi connectivity index (χ1) is 27.7. The molecule has 0 bridgehead atoms. The smallest absolute Gasteiger partial charge is 0.161 e. The largest absolute Gasteiger partial charge is 0.455 e. The number of hydrogen-bond donors (Lipinski definition) is 0. The van der Waals surface area contributed by atoms with Gasteiger partial charge in [0.2, 0.25) is 0 Å². The number of para-hydroxylation sites is 1. The van der Waals surface area contributed by atoms with Crippen molar-refractivity contribution in [3.8, 4) is 67.3 Å². The molecule has 4 heteroatoms. The Hall–Kier alpha value is -7.14. The molecular formula is C52H32N2OS. The van der Waals surface area contributed by atoms with Crippen LogP contribution in [0.25, 0.3) is 109 Å². The molecule has 0 spiro atoms. The predicted molar refractivity (Wildman–Crippen MR) is 235 cm³/mol. The Kier molecular flexibility index (Phi) is 7.68. The van der Waals surface area contributed by atoms with Crippen LogP contribution in [0.3, 0.4) is 0 Å². The Labute approximate surface area is 327 Å². The highest BCUT2D eigenvalue weighted by molar-refractivity contribution is 7.25. The zero-order valence-electron chi connectivity index (χ0n) is 30.2. The highest BCUT2D eigenvalue weighted by atomic mass is 32.1. The molecule has 11 rings (SSSR count). The molecule has 0 saturated heterocycles. The molecule has 3 heterocycles. The monoisotopic (exact) mass is 732 g/mol. The zero-order chi connectivity index (χ0) is 37.0. The predicted octanol–water partition coefficient (Wildman–Crippen LogP) is 14.7. The molecule has 3 nitrogen and oxygen atoms in total. The average molecular weight is 733 g/mol. The van der Waals surface area contributed by atoms with Gasteiger partial charge in [0.1, 0.15) is 11.2 Å². The molecule has 0 amide bonds. The fourth-order valence-corrected chi connectivity index (χ4v) is 9.18. The van der Waals surface area contributed by atoms with E-state index in [0.29, 0.717) is 5.82 Å². The van der Waals surface area contributed by atoms with Crippen molar-refractivity contribution in [2.24, 2.45) is 0 Å². The molecule has 3 aromatic heterocycles. The standard InChI is InChI=1S/C52H32N2OS/c1-3-13-33(14-4-1)38-17-7-8-19-43(38)52-53-45(35-15-5-2-6-16-35)32-46(54-52)36-25-23-34(24-26-36)40-30-29-39(50-44-20-9-11-21-47(44)55-51(40)50)37-27-28-42-41-18-10-12-22-48(41)56-49(42)31-37/h1-32H. The lowest BCUT2D eigenvalue weighted by Gasteiger charge is -2.13. The van der Waals surface area contributed by atoms with Crippen LogP contribution in [0, 0.1) is 0 Å². The van der Waals surface area contributed by atoms with E-state index in [1.807, 2.05) is 29.5 Å². The minimum Gasteiger partial charge on any atom is -0.455 e. The summed E-state index contributed by atoms with van der Waals surface area (Å²) in [5.41, 5.74) is 13.3. The van der Waals surface area contributed by atoms with Crippen molar-refractivity contribution in [1.29, 1.82) is 0 Å². The lowest BCUT2D eigenvalue weighted by atomic mass is 9.93. The van der Waals surface area contributed by atoms with Gasteiger partial charge in [-0.15, -0.1) is 11.3 Å². The van der Waals surface area contributed by atoms with Crippen molar-refractivity contribution >= 4 is 53.4 Å². The molecule has 0 fully saturated rings. The molecule has 0 aliphatic carbocycles. The quantitative estimate of drug-likeness (QED) is 0.171. The van der Waals surface area contributed by atoms with Gasteiger partial charge in [-0.2, -0.15) is 0 Å². The van der Waals surface area contributed by atoms with Gasteiger partial charge in [0.25, 0.3) is 0 Å². The second kappa shape index (κ2) is 13.3. The Morgan fingerprint density at radius 2 is 0.911 bits per heavy atom. The number of aromatic nitrogens is 2. The van der Waals surface area contributed by atoms with E-state index in [1.165, 1.54) is 31.3 Å². The van der Waals surface area contributed by atoms with Crippen LogP contribution in [0.2, 0.25) is 0 Å². The van der Waals surface area contributed by atoms with Crippen LogP contribution in [0.4, 0.5) is 0 Å². The number of rotatable bonds is 6. The van der Waals surface area contributed by atoms with E-state index >= 15 is 0 Å². The zero-order valence-corrected chi connectivity index (χ0v) is 31.0. The third-order valence-electron chi connectivity index (χ3n) is 10.8. The Morgan fingerprint density at radius 1 is 0.357 bits per heavy atom. The van der Waals surface area contributed by atoms with Gasteiger partial charge in [-0.05, 0) is 58.1 Å². The Bertz CT molecular complexity index is 3240. The molecule has 0 saturated carbocycles. The SMILES string of the molecule is c1ccc(-c2cc(-c3ccc(-c4ccc(-c5ccc6c(c5)sc5ccccc56)c5c4oc4ccccc45)cc3)nc(-c3ccccc3-c3ccccc3)n2)cc1. The van der Waals surface area contributed by atoms with Crippen LogP contribution in [0.1, 0.15) is 0 Å². The molecule has 8 aromatic carbocycles. The highest BCUT2D eigenvalue weighted by Gasteiger charge is 2.19. The summed E-state index contributed by atoms with van der Waals surface area (Å²) in [7, 11) is 0. The van der Waals surface area contributed by atoms with Crippen molar-refractivity contribution in [3.05, 3.63) is 194 Å². The van der Waals surface area contributed by atoms with E-state index in [0.717, 1.165) is 72.3 Å². The van der Waals surface area contributed by atoms with E-state index in [2.05, 4.69) is 176 Å². The first-order valence-corrected chi connectivity index (χ1v) is 19.6. The van der Waals surface area contributed by atoms with Crippen LogP contribution < -0.4 is 0 Å². The maximum atomic E-state index is 6.71. The lowest BCUT2D eigenvalue weighted by molar-refractivity contribution is 0.670. The molecule has 0 atom stereocenters. The van der Waals surface area contributed by atoms with E-state index < -0.39 is 0 Å². The van der Waals surface area contributed by atoms with Crippen molar-refractivity contribution in [3.63, 3.8) is 0 Å². The van der Waals surface area contributed by atoms with Crippen molar-refractivity contribution < 1.29 is 4.42 Å². The summed E-state index contributed by atoms with van der Waals surface area (Å²) < 4.78 is 9.31. The normalized spacial score (nSPS) is 11.6.